The molecule has 17 heavy (non-hydrogen) atoms. The van der Waals surface area contributed by atoms with Gasteiger partial charge in [-0.2, -0.15) is 0 Å². The molecule has 1 atom stereocenters. The number of anilines is 1. The van der Waals surface area contributed by atoms with Crippen molar-refractivity contribution in [3.8, 4) is 5.75 Å². The van der Waals surface area contributed by atoms with Crippen molar-refractivity contribution in [1.29, 1.82) is 0 Å². The molecule has 1 unspecified atom stereocenters. The van der Waals surface area contributed by atoms with Crippen LogP contribution in [0.25, 0.3) is 0 Å². The van der Waals surface area contributed by atoms with Gasteiger partial charge in [0.2, 0.25) is 0 Å². The van der Waals surface area contributed by atoms with Crippen LogP contribution in [0.15, 0.2) is 18.2 Å². The van der Waals surface area contributed by atoms with Gasteiger partial charge in [-0.1, -0.05) is 6.07 Å². The van der Waals surface area contributed by atoms with Crippen LogP contribution >= 0.6 is 0 Å². The molecule has 96 valence electrons. The van der Waals surface area contributed by atoms with E-state index in [1.54, 1.807) is 32.2 Å². The summed E-state index contributed by atoms with van der Waals surface area (Å²) >= 11 is 0. The molecule has 0 saturated heterocycles. The van der Waals surface area contributed by atoms with Gasteiger partial charge in [0.05, 0.1) is 13.7 Å². The zero-order valence-corrected chi connectivity index (χ0v) is 10.3. The third-order valence-corrected chi connectivity index (χ3v) is 2.54. The summed E-state index contributed by atoms with van der Waals surface area (Å²) in [4.78, 5) is 1.49. The summed E-state index contributed by atoms with van der Waals surface area (Å²) in [6, 6.07) is 5.03. The molecule has 1 aromatic carbocycles. The minimum absolute atomic E-state index is 0.277. The average molecular weight is 244 g/mol. The molecule has 1 aromatic rings. The van der Waals surface area contributed by atoms with E-state index in [4.69, 9.17) is 10.5 Å². The normalized spacial score (nSPS) is 12.6. The Bertz CT molecular complexity index is 370. The van der Waals surface area contributed by atoms with Crippen molar-refractivity contribution in [3.05, 3.63) is 23.8 Å². The van der Waals surface area contributed by atoms with Crippen molar-refractivity contribution in [2.75, 3.05) is 25.6 Å². The SMILES string of the molecule is COc1cccc(N(C)CC(F)F)c1C(C)N. The van der Waals surface area contributed by atoms with Crippen molar-refractivity contribution in [2.45, 2.75) is 19.4 Å². The van der Waals surface area contributed by atoms with Crippen LogP contribution in [0.5, 0.6) is 5.75 Å². The molecule has 5 heteroatoms. The Morgan fingerprint density at radius 3 is 2.53 bits per heavy atom. The molecule has 0 amide bonds. The van der Waals surface area contributed by atoms with Gasteiger partial charge < -0.3 is 15.4 Å². The van der Waals surface area contributed by atoms with Crippen LogP contribution in [0.2, 0.25) is 0 Å². The Balaban J connectivity index is 3.13. The van der Waals surface area contributed by atoms with Gasteiger partial charge in [-0.25, -0.2) is 8.78 Å². The second kappa shape index (κ2) is 5.82. The molecule has 0 bridgehead atoms. The molecular weight excluding hydrogens is 226 g/mol. The molecule has 0 fully saturated rings. The Hall–Kier alpha value is -1.36. The average Bonchev–Trinajstić information content (AvgIpc) is 2.26. The summed E-state index contributed by atoms with van der Waals surface area (Å²) in [5.74, 6) is 0.624. The largest absolute Gasteiger partial charge is 0.496 e. The predicted octanol–water partition coefficient (Wildman–Crippen LogP) is 2.42. The summed E-state index contributed by atoms with van der Waals surface area (Å²) in [5, 5.41) is 0. The highest BCUT2D eigenvalue weighted by atomic mass is 19.3. The number of hydrogen-bond donors (Lipinski definition) is 1. The fraction of sp³-hybridized carbons (Fsp3) is 0.500. The van der Waals surface area contributed by atoms with Crippen molar-refractivity contribution in [2.24, 2.45) is 5.73 Å². The van der Waals surface area contributed by atoms with Crippen molar-refractivity contribution in [3.63, 3.8) is 0 Å². The second-order valence-electron chi connectivity index (χ2n) is 3.95. The summed E-state index contributed by atoms with van der Waals surface area (Å²) in [5.41, 5.74) is 7.29. The number of nitrogens with zero attached hydrogens (tertiary/aromatic N) is 1. The van der Waals surface area contributed by atoms with Crippen molar-refractivity contribution in [1.82, 2.24) is 0 Å². The zero-order valence-electron chi connectivity index (χ0n) is 10.3. The molecule has 0 aliphatic carbocycles. The van der Waals surface area contributed by atoms with Crippen LogP contribution in [0.3, 0.4) is 0 Å². The van der Waals surface area contributed by atoms with Gasteiger partial charge in [0.15, 0.2) is 0 Å². The minimum Gasteiger partial charge on any atom is -0.496 e. The molecular formula is C12H18F2N2O. The molecule has 0 saturated carbocycles. The lowest BCUT2D eigenvalue weighted by Crippen LogP contribution is -2.26. The van der Waals surface area contributed by atoms with Crippen LogP contribution < -0.4 is 15.4 Å². The van der Waals surface area contributed by atoms with E-state index in [0.717, 1.165) is 5.56 Å². The van der Waals surface area contributed by atoms with E-state index in [9.17, 15) is 8.78 Å². The lowest BCUT2D eigenvalue weighted by Gasteiger charge is -2.25. The van der Waals surface area contributed by atoms with Gasteiger partial charge >= 0.3 is 0 Å². The van der Waals surface area contributed by atoms with Gasteiger partial charge in [-0.3, -0.25) is 0 Å². The van der Waals surface area contributed by atoms with Crippen molar-refractivity contribution < 1.29 is 13.5 Å². The number of hydrogen-bond acceptors (Lipinski definition) is 3. The van der Waals surface area contributed by atoms with Gasteiger partial charge in [0, 0.05) is 24.3 Å². The number of ether oxygens (including phenoxy) is 1. The number of nitrogens with two attached hydrogens (primary N) is 1. The Labute approximate surface area is 100 Å². The maximum absolute atomic E-state index is 12.4. The number of alkyl halides is 2. The monoisotopic (exact) mass is 244 g/mol. The number of halogens is 2. The molecule has 0 aliphatic rings. The third kappa shape index (κ3) is 3.30. The predicted molar refractivity (Wildman–Crippen MR) is 64.9 cm³/mol. The molecule has 0 aliphatic heterocycles. The van der Waals surface area contributed by atoms with E-state index in [-0.39, 0.29) is 12.6 Å². The zero-order chi connectivity index (χ0) is 13.0. The number of methoxy groups -OCH3 is 1. The number of rotatable bonds is 5. The van der Waals surface area contributed by atoms with Gasteiger partial charge in [-0.05, 0) is 19.1 Å². The summed E-state index contributed by atoms with van der Waals surface area (Å²) in [7, 11) is 3.16. The second-order valence-corrected chi connectivity index (χ2v) is 3.95. The standard InChI is InChI=1S/C12H18F2N2O/c1-8(15)12-9(16(2)7-11(13)14)5-4-6-10(12)17-3/h4-6,8,11H,7,15H2,1-3H3. The van der Waals surface area contributed by atoms with Crippen LogP contribution in [-0.4, -0.2) is 27.1 Å². The molecule has 3 nitrogen and oxygen atoms in total. The van der Waals surface area contributed by atoms with E-state index in [0.29, 0.717) is 11.4 Å². The van der Waals surface area contributed by atoms with Crippen LogP contribution in [0.1, 0.15) is 18.5 Å². The maximum Gasteiger partial charge on any atom is 0.255 e. The highest BCUT2D eigenvalue weighted by Crippen LogP contribution is 2.33. The van der Waals surface area contributed by atoms with Gasteiger partial charge in [0.25, 0.3) is 6.43 Å². The fourth-order valence-corrected chi connectivity index (χ4v) is 1.81. The first-order chi connectivity index (χ1) is 7.97. The maximum atomic E-state index is 12.4. The summed E-state index contributed by atoms with van der Waals surface area (Å²) in [6.07, 6.45) is -2.38. The Morgan fingerprint density at radius 1 is 1.41 bits per heavy atom. The smallest absolute Gasteiger partial charge is 0.255 e. The molecule has 0 heterocycles. The molecule has 0 aromatic heterocycles. The van der Waals surface area contributed by atoms with E-state index in [1.807, 2.05) is 0 Å². The van der Waals surface area contributed by atoms with Crippen molar-refractivity contribution >= 4 is 5.69 Å². The molecule has 2 N–H and O–H groups in total. The van der Waals surface area contributed by atoms with E-state index in [1.165, 1.54) is 12.0 Å². The van der Waals surface area contributed by atoms with Crippen LogP contribution in [0.4, 0.5) is 14.5 Å². The van der Waals surface area contributed by atoms with Crippen LogP contribution in [-0.2, 0) is 0 Å². The van der Waals surface area contributed by atoms with E-state index < -0.39 is 6.43 Å². The lowest BCUT2D eigenvalue weighted by atomic mass is 10.0. The van der Waals surface area contributed by atoms with Gasteiger partial charge in [-0.15, -0.1) is 0 Å². The summed E-state index contributed by atoms with van der Waals surface area (Å²) in [6.45, 7) is 1.48. The lowest BCUT2D eigenvalue weighted by molar-refractivity contribution is 0.156. The fourth-order valence-electron chi connectivity index (χ4n) is 1.81. The molecule has 0 spiro atoms. The first-order valence-electron chi connectivity index (χ1n) is 5.39. The van der Waals surface area contributed by atoms with E-state index in [2.05, 4.69) is 0 Å². The third-order valence-electron chi connectivity index (χ3n) is 2.54. The Kier molecular flexibility index (Phi) is 4.69. The van der Waals surface area contributed by atoms with Crippen LogP contribution in [0, 0.1) is 0 Å². The topological polar surface area (TPSA) is 38.5 Å². The highest BCUT2D eigenvalue weighted by molar-refractivity contribution is 5.60. The Morgan fingerprint density at radius 2 is 2.06 bits per heavy atom. The van der Waals surface area contributed by atoms with E-state index >= 15 is 0 Å². The first-order valence-corrected chi connectivity index (χ1v) is 5.39. The number of benzene rings is 1. The minimum atomic E-state index is -2.38. The molecule has 0 radical (unpaired) electrons. The molecule has 1 rings (SSSR count). The summed E-state index contributed by atoms with van der Waals surface area (Å²) < 4.78 is 30.0. The highest BCUT2D eigenvalue weighted by Gasteiger charge is 2.17. The van der Waals surface area contributed by atoms with Gasteiger partial charge in [0.1, 0.15) is 5.75 Å². The quantitative estimate of drug-likeness (QED) is 0.864. The first kappa shape index (κ1) is 13.7.